The van der Waals surface area contributed by atoms with Crippen molar-refractivity contribution in [3.63, 3.8) is 0 Å². The minimum absolute atomic E-state index is 0.0137. The third-order valence-electron chi connectivity index (χ3n) is 2.58. The molecule has 2 aromatic rings. The van der Waals surface area contributed by atoms with E-state index in [0.717, 1.165) is 6.07 Å². The highest BCUT2D eigenvalue weighted by Crippen LogP contribution is 2.31. The molecular formula is C11H9Cl2N3O4S. The van der Waals surface area contributed by atoms with E-state index >= 15 is 0 Å². The number of H-pyrrole nitrogens is 1. The monoisotopic (exact) mass is 349 g/mol. The van der Waals surface area contributed by atoms with Gasteiger partial charge in [0.1, 0.15) is 4.90 Å². The van der Waals surface area contributed by atoms with Gasteiger partial charge < -0.3 is 5.11 Å². The molecule has 1 heterocycles. The van der Waals surface area contributed by atoms with Crippen LogP contribution >= 0.6 is 23.2 Å². The van der Waals surface area contributed by atoms with Crippen molar-refractivity contribution in [2.24, 2.45) is 0 Å². The topological polar surface area (TPSA) is 112 Å². The standard InChI is InChI=1S/C11H9Cl2N3O4S/c12-7-1-2-8(10(13)9(7)11(17)18)21(19,20)16-5-6-3-14-15-4-6/h1-4,16H,5H2,(H,14,15)(H,17,18). The minimum Gasteiger partial charge on any atom is -0.478 e. The lowest BCUT2D eigenvalue weighted by Gasteiger charge is -2.10. The number of sulfonamides is 1. The average molecular weight is 350 g/mol. The number of carbonyl (C=O) groups is 1. The van der Waals surface area contributed by atoms with Gasteiger partial charge in [-0.15, -0.1) is 0 Å². The van der Waals surface area contributed by atoms with E-state index in [1.165, 1.54) is 18.5 Å². The molecule has 2 rings (SSSR count). The van der Waals surface area contributed by atoms with Crippen molar-refractivity contribution in [3.8, 4) is 0 Å². The Morgan fingerprint density at radius 3 is 2.67 bits per heavy atom. The predicted octanol–water partition coefficient (Wildman–Crippen LogP) is 1.89. The summed E-state index contributed by atoms with van der Waals surface area (Å²) in [6.07, 6.45) is 2.98. The fourth-order valence-corrected chi connectivity index (χ4v) is 3.50. The van der Waals surface area contributed by atoms with Gasteiger partial charge in [0.2, 0.25) is 10.0 Å². The van der Waals surface area contributed by atoms with Crippen molar-refractivity contribution in [1.82, 2.24) is 14.9 Å². The Bertz CT molecular complexity index is 775. The number of nitrogens with one attached hydrogen (secondary N) is 2. The van der Waals surface area contributed by atoms with Crippen molar-refractivity contribution in [2.45, 2.75) is 11.4 Å². The first kappa shape index (κ1) is 15.8. The van der Waals surface area contributed by atoms with Crippen LogP contribution in [0.15, 0.2) is 29.4 Å². The molecule has 0 aliphatic rings. The van der Waals surface area contributed by atoms with Crippen LogP contribution in [0.25, 0.3) is 0 Å². The second-order valence-corrected chi connectivity index (χ2v) is 6.49. The molecule has 10 heteroatoms. The normalized spacial score (nSPS) is 11.5. The van der Waals surface area contributed by atoms with Crippen LogP contribution in [0.1, 0.15) is 15.9 Å². The smallest absolute Gasteiger partial charge is 0.338 e. The average Bonchev–Trinajstić information content (AvgIpc) is 2.88. The van der Waals surface area contributed by atoms with Gasteiger partial charge in [-0.05, 0) is 12.1 Å². The van der Waals surface area contributed by atoms with Crippen molar-refractivity contribution in [2.75, 3.05) is 0 Å². The second kappa shape index (κ2) is 6.02. The van der Waals surface area contributed by atoms with Gasteiger partial charge in [0.25, 0.3) is 0 Å². The first-order chi connectivity index (χ1) is 9.83. The summed E-state index contributed by atoms with van der Waals surface area (Å²) in [5.74, 6) is -1.41. The molecule has 112 valence electrons. The van der Waals surface area contributed by atoms with Gasteiger partial charge >= 0.3 is 5.97 Å². The molecule has 1 aromatic heterocycles. The fourth-order valence-electron chi connectivity index (χ4n) is 1.57. The number of halogens is 2. The van der Waals surface area contributed by atoms with Crippen LogP contribution < -0.4 is 4.72 Å². The summed E-state index contributed by atoms with van der Waals surface area (Å²) in [6.45, 7) is -0.0137. The van der Waals surface area contributed by atoms with E-state index in [0.29, 0.717) is 5.56 Å². The zero-order valence-electron chi connectivity index (χ0n) is 10.3. The maximum Gasteiger partial charge on any atom is 0.338 e. The molecule has 1 aromatic carbocycles. The maximum absolute atomic E-state index is 12.2. The number of aromatic carboxylic acids is 1. The van der Waals surface area contributed by atoms with Gasteiger partial charge in [0.15, 0.2) is 0 Å². The molecule has 0 amide bonds. The Morgan fingerprint density at radius 2 is 2.10 bits per heavy atom. The van der Waals surface area contributed by atoms with Crippen molar-refractivity contribution in [3.05, 3.63) is 45.7 Å². The van der Waals surface area contributed by atoms with E-state index in [1.54, 1.807) is 0 Å². The molecule has 21 heavy (non-hydrogen) atoms. The summed E-state index contributed by atoms with van der Waals surface area (Å²) in [4.78, 5) is 10.7. The Morgan fingerprint density at radius 1 is 1.38 bits per heavy atom. The highest BCUT2D eigenvalue weighted by atomic mass is 35.5. The number of hydrogen-bond donors (Lipinski definition) is 3. The number of nitrogens with zero attached hydrogens (tertiary/aromatic N) is 1. The van der Waals surface area contributed by atoms with E-state index in [1.807, 2.05) is 0 Å². The van der Waals surface area contributed by atoms with Crippen LogP contribution in [0.2, 0.25) is 10.0 Å². The number of aromatic amines is 1. The molecule has 0 aliphatic carbocycles. The lowest BCUT2D eigenvalue weighted by atomic mass is 10.2. The fraction of sp³-hybridized carbons (Fsp3) is 0.0909. The lowest BCUT2D eigenvalue weighted by molar-refractivity contribution is 0.0697. The van der Waals surface area contributed by atoms with Crippen LogP contribution in [0.5, 0.6) is 0 Å². The SMILES string of the molecule is O=C(O)c1c(Cl)ccc(S(=O)(=O)NCc2cn[nH]c2)c1Cl. The number of carboxylic acids is 1. The molecule has 0 spiro atoms. The summed E-state index contributed by atoms with van der Waals surface area (Å²) in [5, 5.41) is 14.7. The Balaban J connectivity index is 2.36. The summed E-state index contributed by atoms with van der Waals surface area (Å²) in [7, 11) is -3.99. The number of hydrogen-bond acceptors (Lipinski definition) is 4. The van der Waals surface area contributed by atoms with E-state index < -0.39 is 26.6 Å². The van der Waals surface area contributed by atoms with Crippen LogP contribution in [0, 0.1) is 0 Å². The summed E-state index contributed by atoms with van der Waals surface area (Å²) < 4.78 is 26.6. The van der Waals surface area contributed by atoms with Crippen molar-refractivity contribution >= 4 is 39.2 Å². The third-order valence-corrected chi connectivity index (χ3v) is 4.84. The Kier molecular flexibility index (Phi) is 4.52. The summed E-state index contributed by atoms with van der Waals surface area (Å²) >= 11 is 11.6. The predicted molar refractivity (Wildman–Crippen MR) is 76.0 cm³/mol. The van der Waals surface area contributed by atoms with Gasteiger partial charge in [0, 0.05) is 18.3 Å². The first-order valence-electron chi connectivity index (χ1n) is 5.51. The molecular weight excluding hydrogens is 341 g/mol. The molecule has 0 saturated heterocycles. The summed E-state index contributed by atoms with van der Waals surface area (Å²) in [6, 6.07) is 2.32. The van der Waals surface area contributed by atoms with E-state index in [4.69, 9.17) is 28.3 Å². The van der Waals surface area contributed by atoms with Gasteiger partial charge in [-0.3, -0.25) is 5.10 Å². The van der Waals surface area contributed by atoms with Gasteiger partial charge in [0.05, 0.1) is 21.8 Å². The molecule has 7 nitrogen and oxygen atoms in total. The zero-order valence-corrected chi connectivity index (χ0v) is 12.6. The third kappa shape index (κ3) is 3.35. The molecule has 0 aliphatic heterocycles. The van der Waals surface area contributed by atoms with Gasteiger partial charge in [-0.2, -0.15) is 5.10 Å². The van der Waals surface area contributed by atoms with Crippen LogP contribution in [-0.2, 0) is 16.6 Å². The van der Waals surface area contributed by atoms with Crippen LogP contribution in [-0.4, -0.2) is 29.7 Å². The number of rotatable bonds is 5. The van der Waals surface area contributed by atoms with Crippen LogP contribution in [0.4, 0.5) is 0 Å². The number of aromatic nitrogens is 2. The van der Waals surface area contributed by atoms with Gasteiger partial charge in [-0.25, -0.2) is 17.9 Å². The van der Waals surface area contributed by atoms with Crippen molar-refractivity contribution in [1.29, 1.82) is 0 Å². The lowest BCUT2D eigenvalue weighted by Crippen LogP contribution is -2.24. The van der Waals surface area contributed by atoms with E-state index in [9.17, 15) is 13.2 Å². The Hall–Kier alpha value is -1.61. The zero-order chi connectivity index (χ0) is 15.6. The molecule has 0 bridgehead atoms. The number of carboxylic acid groups (broad SMARTS) is 1. The molecule has 0 atom stereocenters. The minimum atomic E-state index is -3.99. The van der Waals surface area contributed by atoms with Crippen molar-refractivity contribution < 1.29 is 18.3 Å². The maximum atomic E-state index is 12.2. The summed E-state index contributed by atoms with van der Waals surface area (Å²) in [5.41, 5.74) is 0.159. The Labute approximate surface area is 129 Å². The second-order valence-electron chi connectivity index (χ2n) is 3.97. The molecule has 0 unspecified atom stereocenters. The van der Waals surface area contributed by atoms with Crippen LogP contribution in [0.3, 0.4) is 0 Å². The molecule has 3 N–H and O–H groups in total. The first-order valence-corrected chi connectivity index (χ1v) is 7.75. The molecule has 0 fully saturated rings. The van der Waals surface area contributed by atoms with Gasteiger partial charge in [-0.1, -0.05) is 23.2 Å². The highest BCUT2D eigenvalue weighted by molar-refractivity contribution is 7.89. The molecule has 0 saturated carbocycles. The largest absolute Gasteiger partial charge is 0.478 e. The quantitative estimate of drug-likeness (QED) is 0.762. The van der Waals surface area contributed by atoms with E-state index in [-0.39, 0.29) is 16.5 Å². The van der Waals surface area contributed by atoms with E-state index in [2.05, 4.69) is 14.9 Å². The molecule has 0 radical (unpaired) electrons. The highest BCUT2D eigenvalue weighted by Gasteiger charge is 2.24. The number of benzene rings is 1.